The lowest BCUT2D eigenvalue weighted by atomic mass is 10.2. The summed E-state index contributed by atoms with van der Waals surface area (Å²) in [4.78, 5) is 0. The standard InChI is InChI=1S/C8H6Cl2F/c1-2-5-3-6(9)8(11)7(10)4-5/h3-4H,1-2H2. The van der Waals surface area contributed by atoms with Crippen molar-refractivity contribution >= 4 is 23.2 Å². The van der Waals surface area contributed by atoms with E-state index in [1.54, 1.807) is 0 Å². The van der Waals surface area contributed by atoms with Crippen molar-refractivity contribution < 1.29 is 4.39 Å². The minimum atomic E-state index is -0.564. The van der Waals surface area contributed by atoms with Gasteiger partial charge >= 0.3 is 0 Å². The molecule has 0 bridgehead atoms. The van der Waals surface area contributed by atoms with Gasteiger partial charge < -0.3 is 0 Å². The highest BCUT2D eigenvalue weighted by Crippen LogP contribution is 2.24. The van der Waals surface area contributed by atoms with Crippen molar-refractivity contribution in [2.24, 2.45) is 0 Å². The van der Waals surface area contributed by atoms with Gasteiger partial charge in [0, 0.05) is 0 Å². The monoisotopic (exact) mass is 191 g/mol. The van der Waals surface area contributed by atoms with Crippen molar-refractivity contribution in [1.29, 1.82) is 0 Å². The summed E-state index contributed by atoms with van der Waals surface area (Å²) in [5.41, 5.74) is 0.835. The summed E-state index contributed by atoms with van der Waals surface area (Å²) in [6, 6.07) is 3.05. The van der Waals surface area contributed by atoms with Gasteiger partial charge in [-0.15, -0.1) is 0 Å². The molecule has 0 aliphatic rings. The summed E-state index contributed by atoms with van der Waals surface area (Å²) in [7, 11) is 0. The lowest BCUT2D eigenvalue weighted by Crippen LogP contribution is -1.84. The van der Waals surface area contributed by atoms with Crippen molar-refractivity contribution in [3.63, 3.8) is 0 Å². The molecule has 1 aromatic rings. The van der Waals surface area contributed by atoms with E-state index < -0.39 is 5.82 Å². The first-order valence-electron chi connectivity index (χ1n) is 3.08. The third kappa shape index (κ3) is 1.85. The third-order valence-corrected chi connectivity index (χ3v) is 1.88. The summed E-state index contributed by atoms with van der Waals surface area (Å²) in [5, 5.41) is 0.104. The van der Waals surface area contributed by atoms with Gasteiger partial charge in [-0.25, -0.2) is 4.39 Å². The predicted molar refractivity (Wildman–Crippen MR) is 45.5 cm³/mol. The molecule has 0 saturated carbocycles. The van der Waals surface area contributed by atoms with Gasteiger partial charge in [-0.1, -0.05) is 23.2 Å². The zero-order valence-electron chi connectivity index (χ0n) is 5.70. The lowest BCUT2D eigenvalue weighted by Gasteiger charge is -2.00. The first kappa shape index (κ1) is 8.82. The molecule has 1 radical (unpaired) electrons. The molecule has 0 spiro atoms. The second-order valence-electron chi connectivity index (χ2n) is 2.12. The molecule has 0 saturated heterocycles. The number of hydrogen-bond donors (Lipinski definition) is 0. The van der Waals surface area contributed by atoms with Crippen LogP contribution in [0.5, 0.6) is 0 Å². The lowest BCUT2D eigenvalue weighted by molar-refractivity contribution is 0.628. The van der Waals surface area contributed by atoms with E-state index in [4.69, 9.17) is 23.2 Å². The van der Waals surface area contributed by atoms with E-state index in [1.165, 1.54) is 12.1 Å². The average molecular weight is 192 g/mol. The minimum Gasteiger partial charge on any atom is -0.204 e. The fraction of sp³-hybridized carbons (Fsp3) is 0.125. The number of rotatable bonds is 1. The smallest absolute Gasteiger partial charge is 0.160 e. The van der Waals surface area contributed by atoms with Crippen LogP contribution >= 0.6 is 23.2 Å². The van der Waals surface area contributed by atoms with E-state index in [1.807, 2.05) is 0 Å². The Hall–Kier alpha value is -0.270. The van der Waals surface area contributed by atoms with Crippen molar-refractivity contribution in [1.82, 2.24) is 0 Å². The van der Waals surface area contributed by atoms with Crippen LogP contribution in [0.1, 0.15) is 5.56 Å². The van der Waals surface area contributed by atoms with Crippen LogP contribution in [0.3, 0.4) is 0 Å². The van der Waals surface area contributed by atoms with E-state index in [9.17, 15) is 4.39 Å². The van der Waals surface area contributed by atoms with Gasteiger partial charge in [0.2, 0.25) is 0 Å². The molecule has 3 heteroatoms. The van der Waals surface area contributed by atoms with Gasteiger partial charge in [-0.05, 0) is 31.0 Å². The molecule has 0 heterocycles. The Morgan fingerprint density at radius 1 is 1.27 bits per heavy atom. The Morgan fingerprint density at radius 2 is 1.73 bits per heavy atom. The van der Waals surface area contributed by atoms with Gasteiger partial charge in [0.25, 0.3) is 0 Å². The Labute approximate surface area is 74.9 Å². The molecular weight excluding hydrogens is 186 g/mol. The van der Waals surface area contributed by atoms with E-state index >= 15 is 0 Å². The van der Waals surface area contributed by atoms with Crippen LogP contribution in [-0.2, 0) is 6.42 Å². The molecule has 11 heavy (non-hydrogen) atoms. The molecule has 59 valence electrons. The van der Waals surface area contributed by atoms with Crippen molar-refractivity contribution in [3.05, 3.63) is 40.5 Å². The van der Waals surface area contributed by atoms with Crippen LogP contribution in [-0.4, -0.2) is 0 Å². The molecule has 1 aromatic carbocycles. The quantitative estimate of drug-likeness (QED) is 0.597. The van der Waals surface area contributed by atoms with Gasteiger partial charge in [0.1, 0.15) is 0 Å². The second kappa shape index (κ2) is 3.42. The molecule has 0 amide bonds. The van der Waals surface area contributed by atoms with Crippen LogP contribution in [0.4, 0.5) is 4.39 Å². The van der Waals surface area contributed by atoms with Crippen LogP contribution in [0.2, 0.25) is 10.0 Å². The maximum atomic E-state index is 12.8. The van der Waals surface area contributed by atoms with E-state index in [0.29, 0.717) is 6.42 Å². The molecule has 0 nitrogen and oxygen atoms in total. The van der Waals surface area contributed by atoms with Gasteiger partial charge in [0.05, 0.1) is 10.0 Å². The van der Waals surface area contributed by atoms with Crippen molar-refractivity contribution in [3.8, 4) is 0 Å². The molecule has 0 atom stereocenters. The minimum absolute atomic E-state index is 0.0520. The van der Waals surface area contributed by atoms with Crippen LogP contribution in [0.15, 0.2) is 12.1 Å². The first-order valence-corrected chi connectivity index (χ1v) is 3.83. The fourth-order valence-corrected chi connectivity index (χ4v) is 1.28. The second-order valence-corrected chi connectivity index (χ2v) is 2.94. The molecule has 0 unspecified atom stereocenters. The van der Waals surface area contributed by atoms with Gasteiger partial charge in [0.15, 0.2) is 5.82 Å². The van der Waals surface area contributed by atoms with E-state index in [2.05, 4.69) is 6.92 Å². The van der Waals surface area contributed by atoms with E-state index in [0.717, 1.165) is 5.56 Å². The topological polar surface area (TPSA) is 0 Å². The molecule has 0 fully saturated rings. The SMILES string of the molecule is [CH2]Cc1cc(Cl)c(F)c(Cl)c1. The zero-order chi connectivity index (χ0) is 8.43. The number of benzene rings is 1. The normalized spacial score (nSPS) is 10.2. The van der Waals surface area contributed by atoms with Gasteiger partial charge in [-0.2, -0.15) is 0 Å². The largest absolute Gasteiger partial charge is 0.204 e. The Balaban J connectivity index is 3.21. The van der Waals surface area contributed by atoms with E-state index in [-0.39, 0.29) is 10.0 Å². The molecule has 0 aromatic heterocycles. The van der Waals surface area contributed by atoms with Crippen LogP contribution < -0.4 is 0 Å². The number of hydrogen-bond acceptors (Lipinski definition) is 0. The Kier molecular flexibility index (Phi) is 2.74. The molecule has 1 rings (SSSR count). The van der Waals surface area contributed by atoms with Crippen molar-refractivity contribution in [2.75, 3.05) is 0 Å². The Morgan fingerprint density at radius 3 is 2.09 bits per heavy atom. The number of halogens is 3. The zero-order valence-corrected chi connectivity index (χ0v) is 7.21. The highest BCUT2D eigenvalue weighted by molar-refractivity contribution is 6.34. The highest BCUT2D eigenvalue weighted by atomic mass is 35.5. The molecule has 0 N–H and O–H groups in total. The summed E-state index contributed by atoms with van der Waals surface area (Å²) in [6.45, 7) is 3.63. The van der Waals surface area contributed by atoms with Gasteiger partial charge in [-0.3, -0.25) is 0 Å². The maximum Gasteiger partial charge on any atom is 0.160 e. The maximum absolute atomic E-state index is 12.8. The summed E-state index contributed by atoms with van der Waals surface area (Å²) >= 11 is 11.0. The summed E-state index contributed by atoms with van der Waals surface area (Å²) < 4.78 is 12.8. The summed E-state index contributed by atoms with van der Waals surface area (Å²) in [5.74, 6) is -0.564. The first-order chi connectivity index (χ1) is 5.15. The predicted octanol–water partition coefficient (Wildman–Crippen LogP) is 3.51. The third-order valence-electron chi connectivity index (χ3n) is 1.33. The van der Waals surface area contributed by atoms with Crippen LogP contribution in [0, 0.1) is 12.7 Å². The van der Waals surface area contributed by atoms with Crippen LogP contribution in [0.25, 0.3) is 0 Å². The van der Waals surface area contributed by atoms with Crippen molar-refractivity contribution in [2.45, 2.75) is 6.42 Å². The summed E-state index contributed by atoms with van der Waals surface area (Å²) in [6.07, 6.45) is 0.555. The average Bonchev–Trinajstić information content (AvgIpc) is 1.99. The highest BCUT2D eigenvalue weighted by Gasteiger charge is 2.05. The molecule has 0 aliphatic heterocycles. The Bertz CT molecular complexity index is 248. The molecule has 0 aliphatic carbocycles. The molecular formula is C8H6Cl2F. The fourth-order valence-electron chi connectivity index (χ4n) is 0.752.